The van der Waals surface area contributed by atoms with Crippen LogP contribution in [0.2, 0.25) is 0 Å². The Labute approximate surface area is 167 Å². The predicted octanol–water partition coefficient (Wildman–Crippen LogP) is 3.98. The first kappa shape index (κ1) is 18.4. The van der Waals surface area contributed by atoms with Gasteiger partial charge >= 0.3 is 0 Å². The Morgan fingerprint density at radius 3 is 3.00 bits per heavy atom. The number of amides is 1. The molecule has 2 unspecified atom stereocenters. The summed E-state index contributed by atoms with van der Waals surface area (Å²) in [6.45, 7) is 6.04. The summed E-state index contributed by atoms with van der Waals surface area (Å²) >= 11 is 3.15. The number of likely N-dealkylation sites (tertiary alicyclic amines) is 1. The van der Waals surface area contributed by atoms with Crippen LogP contribution in [-0.2, 0) is 4.79 Å². The topological polar surface area (TPSA) is 63.4 Å². The van der Waals surface area contributed by atoms with E-state index in [1.54, 1.807) is 27.6 Å². The molecule has 0 aliphatic carbocycles. The smallest absolute Gasteiger partial charge is 0.236 e. The summed E-state index contributed by atoms with van der Waals surface area (Å²) < 4.78 is 1.77. The van der Waals surface area contributed by atoms with E-state index in [1.807, 2.05) is 34.5 Å². The second-order valence-electron chi connectivity index (χ2n) is 6.99. The molecule has 6 nitrogen and oxygen atoms in total. The van der Waals surface area contributed by atoms with E-state index < -0.39 is 0 Å². The lowest BCUT2D eigenvalue weighted by Gasteiger charge is -2.33. The maximum atomic E-state index is 13.0. The SMILES string of the molecule is CCC(Sc1ccc2nnc(-c3cccs3)n2n1)C(=O)N1CCCC(C)C1. The van der Waals surface area contributed by atoms with Crippen LogP contribution in [0.3, 0.4) is 0 Å². The van der Waals surface area contributed by atoms with E-state index in [0.717, 1.165) is 41.7 Å². The van der Waals surface area contributed by atoms with Gasteiger partial charge in [-0.1, -0.05) is 31.7 Å². The van der Waals surface area contributed by atoms with Gasteiger partial charge in [-0.15, -0.1) is 21.5 Å². The van der Waals surface area contributed by atoms with E-state index in [0.29, 0.717) is 11.6 Å². The van der Waals surface area contributed by atoms with Gasteiger partial charge in [-0.2, -0.15) is 9.61 Å². The summed E-state index contributed by atoms with van der Waals surface area (Å²) in [6.07, 6.45) is 3.10. The van der Waals surface area contributed by atoms with Crippen LogP contribution >= 0.6 is 23.1 Å². The fraction of sp³-hybridized carbons (Fsp3) is 0.474. The van der Waals surface area contributed by atoms with Crippen LogP contribution in [0.1, 0.15) is 33.1 Å². The van der Waals surface area contributed by atoms with Crippen molar-refractivity contribution >= 4 is 34.7 Å². The molecule has 1 aliphatic heterocycles. The molecule has 27 heavy (non-hydrogen) atoms. The second-order valence-corrected chi connectivity index (χ2v) is 9.16. The minimum Gasteiger partial charge on any atom is -0.341 e. The molecule has 8 heteroatoms. The largest absolute Gasteiger partial charge is 0.341 e. The maximum Gasteiger partial charge on any atom is 0.236 e. The molecule has 1 fully saturated rings. The maximum absolute atomic E-state index is 13.0. The summed E-state index contributed by atoms with van der Waals surface area (Å²) in [5, 5.41) is 15.9. The first-order valence-electron chi connectivity index (χ1n) is 9.37. The quantitative estimate of drug-likeness (QED) is 0.605. The Morgan fingerprint density at radius 2 is 2.26 bits per heavy atom. The van der Waals surface area contributed by atoms with Gasteiger partial charge in [0.15, 0.2) is 11.5 Å². The first-order chi connectivity index (χ1) is 13.2. The fourth-order valence-corrected chi connectivity index (χ4v) is 5.12. The van der Waals surface area contributed by atoms with Gasteiger partial charge in [-0.25, -0.2) is 0 Å². The Balaban J connectivity index is 1.56. The molecule has 3 aromatic rings. The standard InChI is InChI=1S/C19H23N5OS2/c1-3-14(19(25)23-10-4-6-13(2)12-23)27-17-9-8-16-20-21-18(24(16)22-17)15-7-5-11-26-15/h5,7-9,11,13-14H,3-4,6,10,12H2,1-2H3. The molecule has 4 rings (SSSR count). The number of nitrogens with zero attached hydrogens (tertiary/aromatic N) is 5. The third kappa shape index (κ3) is 3.87. The molecule has 1 amide bonds. The molecule has 0 radical (unpaired) electrons. The minimum absolute atomic E-state index is 0.109. The summed E-state index contributed by atoms with van der Waals surface area (Å²) in [7, 11) is 0. The van der Waals surface area contributed by atoms with Gasteiger partial charge in [0, 0.05) is 13.1 Å². The van der Waals surface area contributed by atoms with Crippen LogP contribution in [-0.4, -0.2) is 49.0 Å². The number of thiophene rings is 1. The third-order valence-corrected chi connectivity index (χ3v) is 7.00. The van der Waals surface area contributed by atoms with Gasteiger partial charge < -0.3 is 4.90 Å². The number of carbonyl (C=O) groups excluding carboxylic acids is 1. The monoisotopic (exact) mass is 401 g/mol. The van der Waals surface area contributed by atoms with Crippen molar-refractivity contribution in [2.75, 3.05) is 13.1 Å². The van der Waals surface area contributed by atoms with Crippen molar-refractivity contribution in [2.24, 2.45) is 5.92 Å². The normalized spacial score (nSPS) is 18.7. The molecule has 3 aromatic heterocycles. The third-order valence-electron chi connectivity index (χ3n) is 4.86. The number of piperidine rings is 1. The Bertz CT molecular complexity index is 923. The van der Waals surface area contributed by atoms with Gasteiger partial charge in [0.1, 0.15) is 5.03 Å². The van der Waals surface area contributed by atoms with Gasteiger partial charge in [-0.3, -0.25) is 4.79 Å². The lowest BCUT2D eigenvalue weighted by Crippen LogP contribution is -2.43. The fourth-order valence-electron chi connectivity index (χ4n) is 3.44. The molecule has 0 spiro atoms. The highest BCUT2D eigenvalue weighted by atomic mass is 32.2. The van der Waals surface area contributed by atoms with Crippen LogP contribution in [0.15, 0.2) is 34.7 Å². The van der Waals surface area contributed by atoms with Crippen molar-refractivity contribution in [1.82, 2.24) is 24.7 Å². The van der Waals surface area contributed by atoms with Crippen molar-refractivity contribution in [3.8, 4) is 10.7 Å². The van der Waals surface area contributed by atoms with Crippen molar-refractivity contribution < 1.29 is 4.79 Å². The van der Waals surface area contributed by atoms with E-state index >= 15 is 0 Å². The van der Waals surface area contributed by atoms with Crippen LogP contribution < -0.4 is 0 Å². The van der Waals surface area contributed by atoms with Crippen molar-refractivity contribution in [2.45, 2.75) is 43.4 Å². The molecule has 0 N–H and O–H groups in total. The van der Waals surface area contributed by atoms with E-state index in [2.05, 4.69) is 24.0 Å². The Morgan fingerprint density at radius 1 is 1.37 bits per heavy atom. The van der Waals surface area contributed by atoms with Crippen molar-refractivity contribution in [3.63, 3.8) is 0 Å². The molecule has 0 bridgehead atoms. The zero-order chi connectivity index (χ0) is 18.8. The lowest BCUT2D eigenvalue weighted by molar-refractivity contribution is -0.132. The number of hydrogen-bond acceptors (Lipinski definition) is 6. The molecule has 1 saturated heterocycles. The Kier molecular flexibility index (Phi) is 5.45. The minimum atomic E-state index is -0.109. The van der Waals surface area contributed by atoms with E-state index in [1.165, 1.54) is 6.42 Å². The summed E-state index contributed by atoms with van der Waals surface area (Å²) in [4.78, 5) is 16.1. The summed E-state index contributed by atoms with van der Waals surface area (Å²) in [6, 6.07) is 7.85. The number of carbonyl (C=O) groups is 1. The predicted molar refractivity (Wildman–Crippen MR) is 109 cm³/mol. The average Bonchev–Trinajstić information content (AvgIpc) is 3.34. The molecular weight excluding hydrogens is 378 g/mol. The zero-order valence-corrected chi connectivity index (χ0v) is 17.2. The highest BCUT2D eigenvalue weighted by molar-refractivity contribution is 8.00. The summed E-state index contributed by atoms with van der Waals surface area (Å²) in [5.41, 5.74) is 0.715. The summed E-state index contributed by atoms with van der Waals surface area (Å²) in [5.74, 6) is 1.56. The number of fused-ring (bicyclic) bond motifs is 1. The van der Waals surface area contributed by atoms with Crippen molar-refractivity contribution in [1.29, 1.82) is 0 Å². The number of hydrogen-bond donors (Lipinski definition) is 0. The Hall–Kier alpha value is -1.93. The van der Waals surface area contributed by atoms with Crippen LogP contribution in [0.4, 0.5) is 0 Å². The molecule has 4 heterocycles. The van der Waals surface area contributed by atoms with Gasteiger partial charge in [0.25, 0.3) is 0 Å². The highest BCUT2D eigenvalue weighted by Crippen LogP contribution is 2.29. The molecular formula is C19H23N5OS2. The zero-order valence-electron chi connectivity index (χ0n) is 15.5. The molecule has 0 aromatic carbocycles. The van der Waals surface area contributed by atoms with E-state index in [4.69, 9.17) is 5.10 Å². The van der Waals surface area contributed by atoms with Crippen LogP contribution in [0, 0.1) is 5.92 Å². The van der Waals surface area contributed by atoms with Crippen molar-refractivity contribution in [3.05, 3.63) is 29.6 Å². The highest BCUT2D eigenvalue weighted by Gasteiger charge is 2.27. The first-order valence-corrected chi connectivity index (χ1v) is 11.1. The van der Waals surface area contributed by atoms with Crippen LogP contribution in [0.25, 0.3) is 16.3 Å². The molecule has 142 valence electrons. The second kappa shape index (κ2) is 7.98. The van der Waals surface area contributed by atoms with Gasteiger partial charge in [0.2, 0.25) is 5.91 Å². The molecule has 0 saturated carbocycles. The van der Waals surface area contributed by atoms with E-state index in [-0.39, 0.29) is 11.2 Å². The lowest BCUT2D eigenvalue weighted by atomic mass is 10.00. The van der Waals surface area contributed by atoms with E-state index in [9.17, 15) is 4.79 Å². The number of aromatic nitrogens is 4. The number of thioether (sulfide) groups is 1. The molecule has 2 atom stereocenters. The average molecular weight is 402 g/mol. The number of rotatable bonds is 5. The van der Waals surface area contributed by atoms with Gasteiger partial charge in [-0.05, 0) is 48.8 Å². The molecule has 1 aliphatic rings. The van der Waals surface area contributed by atoms with Gasteiger partial charge in [0.05, 0.1) is 10.1 Å². The van der Waals surface area contributed by atoms with Crippen LogP contribution in [0.5, 0.6) is 0 Å².